The average molecular weight is 939 g/mol. The molecule has 0 radical (unpaired) electrons. The Hall–Kier alpha value is -6.78. The van der Waals surface area contributed by atoms with Crippen molar-refractivity contribution < 1.29 is 39.1 Å². The predicted molar refractivity (Wildman–Crippen MR) is 271 cm³/mol. The molecule has 6 aliphatic rings. The van der Waals surface area contributed by atoms with Crippen LogP contribution in [0.2, 0.25) is 0 Å². The lowest BCUT2D eigenvalue weighted by molar-refractivity contribution is -0.210. The smallest absolute Gasteiger partial charge is 0.252 e. The third-order valence-electron chi connectivity index (χ3n) is 16.9. The molecule has 4 bridgehead atoms. The summed E-state index contributed by atoms with van der Waals surface area (Å²) in [4.78, 5) is 26.4. The van der Waals surface area contributed by atoms with Crippen molar-refractivity contribution in [1.29, 1.82) is 0 Å². The molecule has 0 saturated carbocycles. The first-order valence-corrected chi connectivity index (χ1v) is 23.6. The van der Waals surface area contributed by atoms with Gasteiger partial charge in [0.25, 0.3) is 11.8 Å². The lowest BCUT2D eigenvalue weighted by Crippen LogP contribution is -2.54. The van der Waals surface area contributed by atoms with Crippen molar-refractivity contribution in [2.75, 3.05) is 19.8 Å². The zero-order valence-corrected chi connectivity index (χ0v) is 37.5. The molecule has 2 fully saturated rings. The number of aliphatic hydroxyl groups is 3. The Kier molecular flexibility index (Phi) is 8.63. The van der Waals surface area contributed by atoms with E-state index in [9.17, 15) is 24.9 Å². The molecule has 2 amide bonds. The molecule has 356 valence electrons. The third kappa shape index (κ3) is 4.62. The van der Waals surface area contributed by atoms with E-state index in [1.165, 1.54) is 0 Å². The van der Waals surface area contributed by atoms with Crippen LogP contribution in [0.3, 0.4) is 0 Å². The molecule has 10 heterocycles. The number of fused-ring (bicyclic) bond motifs is 26. The fraction of sp³-hybridized carbons (Fsp3) is 0.321. The summed E-state index contributed by atoms with van der Waals surface area (Å²) in [7, 11) is 0. The summed E-state index contributed by atoms with van der Waals surface area (Å²) >= 11 is 0. The highest BCUT2D eigenvalue weighted by Crippen LogP contribution is 2.60. The first kappa shape index (κ1) is 43.3. The monoisotopic (exact) mass is 938 g/mol. The van der Waals surface area contributed by atoms with Gasteiger partial charge in [0, 0.05) is 75.6 Å². The standard InChI is InChI=1S/C28H25N3O4.C26H21N3O4.2CH4/c1-3-34-28(14-32)12-20-30-18-10-6-4-8-15(18)22-23-17(13-29-26(23)33)21-16-9-5-7-11-19(16)31(25(21)24(22)30)27(28,2)35-20;1-25-26(32,12-30)10-18(33-25)28-16-8-4-2-6-13(16)20-21-15(11-27-24(21)31)19-14-7-3-5-9-17(14)29(25)23(19)22(20)28;;/h4-11,20,32H,3,12-14H2,1-2H3,(H,29,33);2-9,18,30,32H,10-12H2,1H3,(H,27,31);2*1H4/t20-,27+,28+;18-,25+,26+;;/m11../s1. The summed E-state index contributed by atoms with van der Waals surface area (Å²) in [6.45, 7) is 6.70. The highest BCUT2D eigenvalue weighted by Gasteiger charge is 2.63. The van der Waals surface area contributed by atoms with Crippen molar-refractivity contribution in [3.05, 3.63) is 119 Å². The van der Waals surface area contributed by atoms with Crippen LogP contribution >= 0.6 is 0 Å². The Bertz CT molecular complexity index is 4010. The number of amides is 2. The van der Waals surface area contributed by atoms with E-state index in [2.05, 4.69) is 59.2 Å². The average Bonchev–Trinajstić information content (AvgIpc) is 4.22. The van der Waals surface area contributed by atoms with Gasteiger partial charge in [0.2, 0.25) is 0 Å². The van der Waals surface area contributed by atoms with E-state index in [0.29, 0.717) is 26.1 Å². The normalized spacial score (nSPS) is 26.6. The molecule has 2 saturated heterocycles. The van der Waals surface area contributed by atoms with Crippen molar-refractivity contribution in [2.45, 2.75) is 96.7 Å². The van der Waals surface area contributed by atoms with E-state index in [1.54, 1.807) is 0 Å². The van der Waals surface area contributed by atoms with E-state index < -0.39 is 35.5 Å². The Morgan fingerprint density at radius 3 is 1.46 bits per heavy atom. The van der Waals surface area contributed by atoms with Crippen molar-refractivity contribution in [2.24, 2.45) is 0 Å². The number of rotatable bonds is 4. The van der Waals surface area contributed by atoms with Crippen LogP contribution in [0, 0.1) is 0 Å². The van der Waals surface area contributed by atoms with Crippen LogP contribution in [0.4, 0.5) is 0 Å². The maximum absolute atomic E-state index is 13.3. The molecule has 6 aliphatic heterocycles. The highest BCUT2D eigenvalue weighted by molar-refractivity contribution is 6.32. The highest BCUT2D eigenvalue weighted by atomic mass is 16.6. The Balaban J connectivity index is 0.000000134. The van der Waals surface area contributed by atoms with Gasteiger partial charge in [-0.3, -0.25) is 9.59 Å². The second-order valence-electron chi connectivity index (χ2n) is 19.7. The van der Waals surface area contributed by atoms with Crippen LogP contribution in [0.1, 0.15) is 92.8 Å². The van der Waals surface area contributed by atoms with Gasteiger partial charge in [0.1, 0.15) is 23.7 Å². The van der Waals surface area contributed by atoms with Gasteiger partial charge in [-0.2, -0.15) is 0 Å². The molecule has 14 nitrogen and oxygen atoms in total. The van der Waals surface area contributed by atoms with Gasteiger partial charge in [-0.1, -0.05) is 87.6 Å². The first-order chi connectivity index (χ1) is 33.0. The number of aromatic nitrogens is 4. The predicted octanol–water partition coefficient (Wildman–Crippen LogP) is 9.27. The quantitative estimate of drug-likeness (QED) is 0.117. The lowest BCUT2D eigenvalue weighted by atomic mass is 9.89. The first-order valence-electron chi connectivity index (χ1n) is 23.6. The number of benzene rings is 6. The van der Waals surface area contributed by atoms with E-state index in [4.69, 9.17) is 14.2 Å². The number of ether oxygens (including phenoxy) is 3. The zero-order chi connectivity index (χ0) is 46.0. The summed E-state index contributed by atoms with van der Waals surface area (Å²) in [6.07, 6.45) is -0.104. The van der Waals surface area contributed by atoms with E-state index >= 15 is 0 Å². The van der Waals surface area contributed by atoms with Gasteiger partial charge < -0.3 is 58.4 Å². The van der Waals surface area contributed by atoms with Crippen LogP contribution < -0.4 is 10.6 Å². The Labute approximate surface area is 401 Å². The minimum absolute atomic E-state index is 0. The Morgan fingerprint density at radius 2 is 1.00 bits per heavy atom. The van der Waals surface area contributed by atoms with E-state index in [1.807, 2.05) is 87.5 Å². The fourth-order valence-electron chi connectivity index (χ4n) is 14.0. The topological polar surface area (TPSA) is 166 Å². The minimum Gasteiger partial charge on any atom is -0.393 e. The summed E-state index contributed by atoms with van der Waals surface area (Å²) in [6, 6.07) is 32.6. The molecule has 14 heteroatoms. The van der Waals surface area contributed by atoms with Crippen LogP contribution in [0.15, 0.2) is 97.1 Å². The maximum atomic E-state index is 13.3. The third-order valence-corrected chi connectivity index (χ3v) is 16.9. The van der Waals surface area contributed by atoms with Crippen molar-refractivity contribution in [3.8, 4) is 0 Å². The molecule has 0 spiro atoms. The van der Waals surface area contributed by atoms with Crippen LogP contribution in [-0.2, 0) is 38.8 Å². The largest absolute Gasteiger partial charge is 0.393 e. The van der Waals surface area contributed by atoms with Crippen molar-refractivity contribution >= 4 is 99.0 Å². The molecule has 70 heavy (non-hydrogen) atoms. The minimum atomic E-state index is -1.48. The molecule has 10 aromatic rings. The number of para-hydroxylation sites is 4. The van der Waals surface area contributed by atoms with Crippen molar-refractivity contribution in [3.63, 3.8) is 0 Å². The van der Waals surface area contributed by atoms with E-state index in [0.717, 1.165) is 109 Å². The number of aliphatic hydroxyl groups excluding tert-OH is 2. The number of nitrogens with one attached hydrogen (secondary N) is 2. The fourth-order valence-corrected chi connectivity index (χ4v) is 14.0. The van der Waals surface area contributed by atoms with Crippen LogP contribution in [-0.4, -0.2) is 76.4 Å². The summed E-state index contributed by atoms with van der Waals surface area (Å²) in [5.74, 6) is -0.0813. The summed E-state index contributed by atoms with van der Waals surface area (Å²) in [5.41, 5.74) is 6.81. The van der Waals surface area contributed by atoms with Gasteiger partial charge in [0.05, 0.1) is 68.5 Å². The molecule has 0 unspecified atom stereocenters. The molecule has 6 aromatic carbocycles. The molecular weight excluding hydrogens is 885 g/mol. The Morgan fingerprint density at radius 1 is 0.586 bits per heavy atom. The molecule has 4 aromatic heterocycles. The summed E-state index contributed by atoms with van der Waals surface area (Å²) in [5, 5.41) is 47.2. The van der Waals surface area contributed by atoms with Gasteiger partial charge in [-0.25, -0.2) is 0 Å². The van der Waals surface area contributed by atoms with Crippen LogP contribution in [0.25, 0.3) is 87.2 Å². The number of carbonyl (C=O) groups is 2. The molecule has 6 atom stereocenters. The number of hydrogen-bond acceptors (Lipinski definition) is 8. The number of hydrogen-bond donors (Lipinski definition) is 5. The summed E-state index contributed by atoms with van der Waals surface area (Å²) < 4.78 is 28.7. The van der Waals surface area contributed by atoms with Crippen LogP contribution in [0.5, 0.6) is 0 Å². The number of nitrogens with zero attached hydrogens (tertiary/aromatic N) is 4. The van der Waals surface area contributed by atoms with Gasteiger partial charge >= 0.3 is 0 Å². The maximum Gasteiger partial charge on any atom is 0.252 e. The van der Waals surface area contributed by atoms with Gasteiger partial charge in [0.15, 0.2) is 11.4 Å². The molecule has 0 aliphatic carbocycles. The van der Waals surface area contributed by atoms with E-state index in [-0.39, 0.29) is 45.9 Å². The molecular formula is C56H54N6O8. The second-order valence-corrected chi connectivity index (χ2v) is 19.7. The van der Waals surface area contributed by atoms with Gasteiger partial charge in [-0.15, -0.1) is 0 Å². The molecule has 5 N–H and O–H groups in total. The number of carbonyl (C=O) groups excluding carboxylic acids is 2. The van der Waals surface area contributed by atoms with Gasteiger partial charge in [-0.05, 0) is 56.2 Å². The second kappa shape index (κ2) is 14.0. The molecule has 16 rings (SSSR count). The zero-order valence-electron chi connectivity index (χ0n) is 37.5. The SMILES string of the molecule is C.C.CCO[C@]1(CO)C[C@H]2O[C@]1(C)n1c3ccccc3c3c4c(c5c6ccccc6n2c5c31)C(=O)NC4.C[C@]12O[C@H](C[C@]1(O)CO)n1c3ccccc3c3c4c(c5c6ccccc6n2c5c31)CNC4=O. The van der Waals surface area contributed by atoms with Crippen molar-refractivity contribution in [1.82, 2.24) is 28.9 Å². The lowest BCUT2D eigenvalue weighted by Gasteiger charge is -2.42.